The molecule has 2 aliphatic carbocycles. The molecule has 2 aromatic carbocycles. The monoisotopic (exact) mass is 683 g/mol. The number of ketones is 1. The summed E-state index contributed by atoms with van der Waals surface area (Å²) in [6, 6.07) is 1.77. The molecule has 3 N–H and O–H groups in total. The van der Waals surface area contributed by atoms with Crippen LogP contribution in [0.15, 0.2) is 36.4 Å². The van der Waals surface area contributed by atoms with E-state index in [1.807, 2.05) is 0 Å². The van der Waals surface area contributed by atoms with E-state index in [0.717, 1.165) is 25.2 Å². The molecule has 1 amide bonds. The Hall–Kier alpha value is -3.90. The Bertz CT molecular complexity index is 1520. The molecule has 2 fully saturated rings. The van der Waals surface area contributed by atoms with Gasteiger partial charge in [-0.2, -0.15) is 26.3 Å². The molecule has 0 spiro atoms. The number of carboxylic acids is 2. The van der Waals surface area contributed by atoms with Crippen molar-refractivity contribution in [1.29, 1.82) is 0 Å². The fourth-order valence-corrected chi connectivity index (χ4v) is 7.36. The lowest BCUT2D eigenvalue weighted by Crippen LogP contribution is -2.55. The van der Waals surface area contributed by atoms with Gasteiger partial charge in [0.2, 0.25) is 5.41 Å². The van der Waals surface area contributed by atoms with Crippen molar-refractivity contribution in [2.75, 3.05) is 0 Å². The van der Waals surface area contributed by atoms with E-state index in [4.69, 9.17) is 0 Å². The Morgan fingerprint density at radius 3 is 1.56 bits per heavy atom. The fraction of sp³-hybridized carbons (Fsp3) is 0.543. The summed E-state index contributed by atoms with van der Waals surface area (Å²) in [5, 5.41) is 21.8. The van der Waals surface area contributed by atoms with Crippen molar-refractivity contribution in [2.45, 2.75) is 102 Å². The standard InChI is InChI=1S/C35H39F6NO6/c1-3-29(43)27-17-22(10-14-25(27)31(45)46)33(34(36,37)38,35(39,40)41)23-11-15-26(32(47)48)28(18-23)30(44)42-24-12-8-21(9-13-24)16-20-6-4-19(2)5-7-20/h10-11,14-15,17-21,24H,3-9,12-13,16H2,1-2H3,(H,42,44)(H,45,46)(H,47,48). The summed E-state index contributed by atoms with van der Waals surface area (Å²) >= 11 is 0. The second-order valence-electron chi connectivity index (χ2n) is 13.2. The molecule has 0 radical (unpaired) electrons. The molecular weight excluding hydrogens is 644 g/mol. The second kappa shape index (κ2) is 14.3. The predicted molar refractivity (Wildman–Crippen MR) is 163 cm³/mol. The third kappa shape index (κ3) is 7.39. The van der Waals surface area contributed by atoms with Crippen LogP contribution in [0, 0.1) is 17.8 Å². The van der Waals surface area contributed by atoms with Crippen molar-refractivity contribution in [1.82, 2.24) is 5.32 Å². The highest BCUT2D eigenvalue weighted by atomic mass is 19.4. The molecule has 0 aliphatic heterocycles. The van der Waals surface area contributed by atoms with E-state index in [1.165, 1.54) is 32.6 Å². The SMILES string of the molecule is CCC(=O)c1cc(C(c2ccc(C(=O)O)c(C(=O)NC3CCC(CC4CCC(C)CC4)CC3)c2)(C(F)(F)F)C(F)(F)F)ccc1C(=O)O. The highest BCUT2D eigenvalue weighted by molar-refractivity contribution is 6.06. The van der Waals surface area contributed by atoms with Gasteiger partial charge in [-0.15, -0.1) is 0 Å². The number of carbonyl (C=O) groups excluding carboxylic acids is 2. The van der Waals surface area contributed by atoms with Crippen LogP contribution in [-0.4, -0.2) is 52.2 Å². The van der Waals surface area contributed by atoms with Crippen molar-refractivity contribution >= 4 is 23.6 Å². The number of amides is 1. The number of aromatic carboxylic acids is 2. The van der Waals surface area contributed by atoms with E-state index in [1.54, 1.807) is 0 Å². The molecule has 2 aromatic rings. The van der Waals surface area contributed by atoms with Crippen LogP contribution in [0.2, 0.25) is 0 Å². The van der Waals surface area contributed by atoms with Crippen LogP contribution >= 0.6 is 0 Å². The summed E-state index contributed by atoms with van der Waals surface area (Å²) in [6.07, 6.45) is -4.30. The number of halogens is 6. The molecule has 0 atom stereocenters. The number of alkyl halides is 6. The number of hydrogen-bond donors (Lipinski definition) is 3. The Morgan fingerprint density at radius 1 is 0.688 bits per heavy atom. The Morgan fingerprint density at radius 2 is 1.12 bits per heavy atom. The van der Waals surface area contributed by atoms with Gasteiger partial charge in [0.1, 0.15) is 0 Å². The first-order chi connectivity index (χ1) is 22.4. The maximum absolute atomic E-state index is 15.0. The van der Waals surface area contributed by atoms with E-state index in [-0.39, 0.29) is 12.1 Å². The van der Waals surface area contributed by atoms with Crippen LogP contribution in [0.1, 0.15) is 131 Å². The van der Waals surface area contributed by atoms with E-state index in [2.05, 4.69) is 12.2 Å². The van der Waals surface area contributed by atoms with Crippen molar-refractivity contribution in [2.24, 2.45) is 17.8 Å². The van der Waals surface area contributed by atoms with Crippen LogP contribution in [0.3, 0.4) is 0 Å². The summed E-state index contributed by atoms with van der Waals surface area (Å²) in [5.41, 5.74) is -11.2. The highest BCUT2D eigenvalue weighted by Gasteiger charge is 2.72. The molecule has 7 nitrogen and oxygen atoms in total. The van der Waals surface area contributed by atoms with Crippen LogP contribution in [0.5, 0.6) is 0 Å². The molecule has 0 saturated heterocycles. The zero-order valence-electron chi connectivity index (χ0n) is 26.6. The van der Waals surface area contributed by atoms with E-state index < -0.39 is 87.2 Å². The first kappa shape index (κ1) is 36.9. The van der Waals surface area contributed by atoms with Gasteiger partial charge < -0.3 is 15.5 Å². The van der Waals surface area contributed by atoms with Crippen molar-refractivity contribution in [3.05, 3.63) is 69.8 Å². The summed E-state index contributed by atoms with van der Waals surface area (Å²) in [4.78, 5) is 49.6. The highest BCUT2D eigenvalue weighted by Crippen LogP contribution is 2.56. The summed E-state index contributed by atoms with van der Waals surface area (Å²) in [7, 11) is 0. The number of carbonyl (C=O) groups is 4. The minimum atomic E-state index is -6.14. The molecule has 262 valence electrons. The molecule has 0 aromatic heterocycles. The lowest BCUT2D eigenvalue weighted by molar-refractivity contribution is -0.288. The van der Waals surface area contributed by atoms with Gasteiger partial charge in [0.25, 0.3) is 5.91 Å². The van der Waals surface area contributed by atoms with Gasteiger partial charge in [-0.05, 0) is 85.3 Å². The topological polar surface area (TPSA) is 121 Å². The number of rotatable bonds is 10. The summed E-state index contributed by atoms with van der Waals surface area (Å²) < 4.78 is 89.8. The van der Waals surface area contributed by atoms with E-state index in [0.29, 0.717) is 48.9 Å². The molecule has 0 unspecified atom stereocenters. The zero-order valence-corrected chi connectivity index (χ0v) is 26.6. The molecule has 13 heteroatoms. The number of benzene rings is 2. The fourth-order valence-electron chi connectivity index (χ4n) is 7.36. The first-order valence-electron chi connectivity index (χ1n) is 16.1. The van der Waals surface area contributed by atoms with Crippen LogP contribution < -0.4 is 5.32 Å². The molecule has 4 rings (SSSR count). The second-order valence-corrected chi connectivity index (χ2v) is 13.2. The Labute approximate surface area is 274 Å². The molecule has 0 heterocycles. The predicted octanol–water partition coefficient (Wildman–Crippen LogP) is 8.59. The van der Waals surface area contributed by atoms with Gasteiger partial charge in [0.05, 0.1) is 16.7 Å². The van der Waals surface area contributed by atoms with E-state index in [9.17, 15) is 55.7 Å². The first-order valence-corrected chi connectivity index (χ1v) is 16.1. The maximum Gasteiger partial charge on any atom is 0.411 e. The average molecular weight is 684 g/mol. The lowest BCUT2D eigenvalue weighted by Gasteiger charge is -2.39. The van der Waals surface area contributed by atoms with Crippen LogP contribution in [-0.2, 0) is 5.41 Å². The molecule has 0 bridgehead atoms. The quantitative estimate of drug-likeness (QED) is 0.170. The number of carboxylic acid groups (broad SMARTS) is 2. The molecular formula is C35H39F6NO6. The third-order valence-electron chi connectivity index (χ3n) is 10.1. The maximum atomic E-state index is 15.0. The van der Waals surface area contributed by atoms with Crippen molar-refractivity contribution in [3.63, 3.8) is 0 Å². The van der Waals surface area contributed by atoms with Gasteiger partial charge in [-0.3, -0.25) is 9.59 Å². The Balaban J connectivity index is 1.72. The van der Waals surface area contributed by atoms with Gasteiger partial charge in [0.15, 0.2) is 5.78 Å². The van der Waals surface area contributed by atoms with Gasteiger partial charge in [-0.25, -0.2) is 9.59 Å². The van der Waals surface area contributed by atoms with Crippen LogP contribution in [0.4, 0.5) is 26.3 Å². The zero-order chi connectivity index (χ0) is 35.6. The summed E-state index contributed by atoms with van der Waals surface area (Å²) in [6.45, 7) is 3.51. The number of nitrogens with one attached hydrogen (secondary N) is 1. The van der Waals surface area contributed by atoms with Crippen molar-refractivity contribution < 1.29 is 55.7 Å². The molecule has 2 aliphatic rings. The number of Topliss-reactive ketones (excluding diaryl/α,β-unsaturated/α-hetero) is 1. The van der Waals surface area contributed by atoms with E-state index >= 15 is 0 Å². The largest absolute Gasteiger partial charge is 0.478 e. The van der Waals surface area contributed by atoms with Gasteiger partial charge in [0, 0.05) is 18.0 Å². The van der Waals surface area contributed by atoms with Gasteiger partial charge in [-0.1, -0.05) is 51.7 Å². The van der Waals surface area contributed by atoms with Crippen molar-refractivity contribution in [3.8, 4) is 0 Å². The Kier molecular flexibility index (Phi) is 11.0. The summed E-state index contributed by atoms with van der Waals surface area (Å²) in [5.74, 6) is -3.80. The molecule has 2 saturated carbocycles. The third-order valence-corrected chi connectivity index (χ3v) is 10.1. The minimum absolute atomic E-state index is 0.257. The normalized spacial score (nSPS) is 22.2. The number of hydrogen-bond acceptors (Lipinski definition) is 4. The minimum Gasteiger partial charge on any atom is -0.478 e. The van der Waals surface area contributed by atoms with Crippen LogP contribution in [0.25, 0.3) is 0 Å². The molecule has 48 heavy (non-hydrogen) atoms. The average Bonchev–Trinajstić information content (AvgIpc) is 3.01. The van der Waals surface area contributed by atoms with Gasteiger partial charge >= 0.3 is 24.3 Å². The smallest absolute Gasteiger partial charge is 0.411 e. The lowest BCUT2D eigenvalue weighted by atomic mass is 9.71.